The number of alkyl carbamates (subject to hydrolysis) is 1. The van der Waals surface area contributed by atoms with Crippen LogP contribution in [0.15, 0.2) is 54.6 Å². The van der Waals surface area contributed by atoms with Crippen molar-refractivity contribution in [2.75, 3.05) is 19.8 Å². The lowest BCUT2D eigenvalue weighted by Crippen LogP contribution is -2.54. The maximum atomic E-state index is 13.9. The van der Waals surface area contributed by atoms with Crippen LogP contribution in [0.1, 0.15) is 76.8 Å². The van der Waals surface area contributed by atoms with Gasteiger partial charge >= 0.3 is 13.7 Å². The van der Waals surface area contributed by atoms with Crippen LogP contribution in [0.4, 0.5) is 4.79 Å². The number of rotatable bonds is 19. The minimum absolute atomic E-state index is 0.00510. The van der Waals surface area contributed by atoms with Gasteiger partial charge in [-0.2, -0.15) is 0 Å². The van der Waals surface area contributed by atoms with E-state index < -0.39 is 43.4 Å². The molecule has 4 N–H and O–H groups in total. The van der Waals surface area contributed by atoms with Gasteiger partial charge in [-0.15, -0.1) is 0 Å². The van der Waals surface area contributed by atoms with Gasteiger partial charge in [0.05, 0.1) is 19.3 Å². The first-order valence-corrected chi connectivity index (χ1v) is 18.9. The summed E-state index contributed by atoms with van der Waals surface area (Å²) in [4.78, 5) is 40.0. The van der Waals surface area contributed by atoms with E-state index in [1.54, 1.807) is 45.0 Å². The second kappa shape index (κ2) is 20.5. The molecule has 0 aromatic heterocycles. The van der Waals surface area contributed by atoms with Crippen LogP contribution in [0.5, 0.6) is 0 Å². The lowest BCUT2D eigenvalue weighted by molar-refractivity contribution is -0.127. The minimum atomic E-state index is -4.13. The zero-order valence-electron chi connectivity index (χ0n) is 28.2. The van der Waals surface area contributed by atoms with E-state index in [2.05, 4.69) is 16.0 Å². The Kier molecular flexibility index (Phi) is 16.9. The molecule has 3 amide bonds. The van der Waals surface area contributed by atoms with Crippen molar-refractivity contribution in [2.24, 2.45) is 11.8 Å². The smallest absolute Gasteiger partial charge is 0.408 e. The standard InChI is InChI=1S/C35H51ClN3O8P/c1-4-46-48(44,47-5-2)34(42)31(21-25(3)32(40)37-20-19-26-13-8-6-9-14-26)38-33(41)30(23-27-15-10-7-11-16-27)39-35(43)45-24-28-17-12-18-29(36)22-28/h6,8-9,12-14,17-18,22,25,27,30-31,34,42H,4-5,7,10-11,15-16,19-21,23-24H2,1-3H3,(H,37,40)(H,38,41)(H,39,43)/t25?,30-,31?,34?/m0/s1. The number of hydrogen-bond donors (Lipinski definition) is 4. The van der Waals surface area contributed by atoms with E-state index in [1.807, 2.05) is 30.3 Å². The summed E-state index contributed by atoms with van der Waals surface area (Å²) in [6.07, 6.45) is 5.14. The van der Waals surface area contributed by atoms with E-state index in [0.717, 1.165) is 37.7 Å². The van der Waals surface area contributed by atoms with Gasteiger partial charge in [0.1, 0.15) is 12.6 Å². The molecule has 0 bridgehead atoms. The number of aliphatic hydroxyl groups is 1. The van der Waals surface area contributed by atoms with Gasteiger partial charge in [0.15, 0.2) is 5.85 Å². The van der Waals surface area contributed by atoms with Crippen molar-refractivity contribution >= 4 is 37.1 Å². The fraction of sp³-hybridized carbons (Fsp3) is 0.571. The Morgan fingerprint density at radius 2 is 1.60 bits per heavy atom. The molecule has 1 fully saturated rings. The summed E-state index contributed by atoms with van der Waals surface area (Å²) < 4.78 is 29.9. The number of carbonyl (C=O) groups excluding carboxylic acids is 3. The van der Waals surface area contributed by atoms with Crippen molar-refractivity contribution in [3.8, 4) is 0 Å². The van der Waals surface area contributed by atoms with Crippen molar-refractivity contribution in [3.05, 3.63) is 70.7 Å². The molecule has 2 aromatic carbocycles. The second-order valence-corrected chi connectivity index (χ2v) is 14.8. The molecule has 1 aliphatic rings. The van der Waals surface area contributed by atoms with E-state index in [9.17, 15) is 24.1 Å². The SMILES string of the molecule is CCOP(=O)(OCC)C(O)C(CC(C)C(=O)NCCc1ccccc1)NC(=O)[C@H](CC1CCCCC1)NC(=O)OCc1cccc(Cl)c1. The maximum Gasteiger partial charge on any atom is 0.408 e. The van der Waals surface area contributed by atoms with Crippen LogP contribution < -0.4 is 16.0 Å². The molecule has 3 unspecified atom stereocenters. The molecule has 0 radical (unpaired) electrons. The predicted octanol–water partition coefficient (Wildman–Crippen LogP) is 6.36. The van der Waals surface area contributed by atoms with Gasteiger partial charge in [0, 0.05) is 17.5 Å². The average Bonchev–Trinajstić information content (AvgIpc) is 3.07. The third-order valence-electron chi connectivity index (χ3n) is 8.40. The highest BCUT2D eigenvalue weighted by atomic mass is 35.5. The molecule has 48 heavy (non-hydrogen) atoms. The number of hydrogen-bond acceptors (Lipinski definition) is 8. The highest BCUT2D eigenvalue weighted by Crippen LogP contribution is 2.53. The number of carbonyl (C=O) groups is 3. The van der Waals surface area contributed by atoms with Crippen LogP contribution in [-0.4, -0.2) is 60.7 Å². The highest BCUT2D eigenvalue weighted by molar-refractivity contribution is 7.54. The normalized spacial score (nSPS) is 16.3. The number of benzene rings is 2. The summed E-state index contributed by atoms with van der Waals surface area (Å²) in [7, 11) is -4.13. The van der Waals surface area contributed by atoms with Crippen molar-refractivity contribution in [3.63, 3.8) is 0 Å². The lowest BCUT2D eigenvalue weighted by Gasteiger charge is -2.32. The number of ether oxygens (including phenoxy) is 1. The minimum Gasteiger partial charge on any atom is -0.445 e. The molecule has 2 aromatic rings. The third kappa shape index (κ3) is 13.2. The monoisotopic (exact) mass is 707 g/mol. The molecule has 13 heteroatoms. The zero-order chi connectivity index (χ0) is 34.9. The third-order valence-corrected chi connectivity index (χ3v) is 10.9. The number of amides is 3. The summed E-state index contributed by atoms with van der Waals surface area (Å²) in [6.45, 7) is 5.24. The Balaban J connectivity index is 1.76. The van der Waals surface area contributed by atoms with E-state index in [4.69, 9.17) is 25.4 Å². The second-order valence-electron chi connectivity index (χ2n) is 12.2. The molecule has 0 heterocycles. The summed E-state index contributed by atoms with van der Waals surface area (Å²) in [5.41, 5.74) is 1.76. The Labute approximate surface area is 289 Å². The van der Waals surface area contributed by atoms with Gasteiger partial charge in [-0.3, -0.25) is 14.2 Å². The molecule has 1 saturated carbocycles. The maximum absolute atomic E-state index is 13.9. The van der Waals surface area contributed by atoms with Gasteiger partial charge in [-0.1, -0.05) is 93.1 Å². The summed E-state index contributed by atoms with van der Waals surface area (Å²) in [5, 5.41) is 20.3. The van der Waals surface area contributed by atoms with Crippen molar-refractivity contribution in [1.82, 2.24) is 16.0 Å². The Morgan fingerprint density at radius 1 is 0.938 bits per heavy atom. The number of halogens is 1. The number of nitrogens with one attached hydrogen (secondary N) is 3. The molecule has 0 spiro atoms. The zero-order valence-corrected chi connectivity index (χ0v) is 29.8. The van der Waals surface area contributed by atoms with Crippen LogP contribution in [0.25, 0.3) is 0 Å². The van der Waals surface area contributed by atoms with E-state index in [-0.39, 0.29) is 38.1 Å². The lowest BCUT2D eigenvalue weighted by atomic mass is 9.84. The summed E-state index contributed by atoms with van der Waals surface area (Å²) in [5.74, 6) is -3.16. The largest absolute Gasteiger partial charge is 0.445 e. The Hall–Kier alpha value is -2.95. The van der Waals surface area contributed by atoms with Crippen molar-refractivity contribution in [1.29, 1.82) is 0 Å². The van der Waals surface area contributed by atoms with Gasteiger partial charge < -0.3 is 34.8 Å². The van der Waals surface area contributed by atoms with Gasteiger partial charge in [0.25, 0.3) is 0 Å². The first-order chi connectivity index (χ1) is 23.0. The first-order valence-electron chi connectivity index (χ1n) is 16.9. The quantitative estimate of drug-likeness (QED) is 0.123. The topological polar surface area (TPSA) is 152 Å². The van der Waals surface area contributed by atoms with Crippen molar-refractivity contribution < 1.29 is 37.8 Å². The molecule has 0 aliphatic heterocycles. The van der Waals surface area contributed by atoms with E-state index >= 15 is 0 Å². The fourth-order valence-corrected chi connectivity index (χ4v) is 7.84. The Morgan fingerprint density at radius 3 is 2.25 bits per heavy atom. The van der Waals surface area contributed by atoms with Crippen LogP contribution in [-0.2, 0) is 41.0 Å². The Bertz CT molecular complexity index is 1330. The van der Waals surface area contributed by atoms with E-state index in [0.29, 0.717) is 30.0 Å². The molecule has 3 rings (SSSR count). The molecule has 4 atom stereocenters. The molecule has 266 valence electrons. The van der Waals surface area contributed by atoms with Crippen molar-refractivity contribution in [2.45, 2.75) is 96.7 Å². The molecule has 11 nitrogen and oxygen atoms in total. The molecule has 1 aliphatic carbocycles. The molecule has 0 saturated heterocycles. The molecular weight excluding hydrogens is 657 g/mol. The fourth-order valence-electron chi connectivity index (χ4n) is 5.89. The summed E-state index contributed by atoms with van der Waals surface area (Å²) in [6, 6.07) is 14.4. The summed E-state index contributed by atoms with van der Waals surface area (Å²) >= 11 is 6.05. The average molecular weight is 708 g/mol. The van der Waals surface area contributed by atoms with Gasteiger partial charge in [-0.25, -0.2) is 4.79 Å². The highest BCUT2D eigenvalue weighted by Gasteiger charge is 2.42. The van der Waals surface area contributed by atoms with Crippen LogP contribution in [0.2, 0.25) is 5.02 Å². The number of aliphatic hydroxyl groups excluding tert-OH is 1. The van der Waals surface area contributed by atoms with Gasteiger partial charge in [-0.05, 0) is 62.3 Å². The van der Waals surface area contributed by atoms with Gasteiger partial charge in [0.2, 0.25) is 11.8 Å². The van der Waals surface area contributed by atoms with Crippen LogP contribution in [0, 0.1) is 11.8 Å². The van der Waals surface area contributed by atoms with Crippen LogP contribution in [0.3, 0.4) is 0 Å². The van der Waals surface area contributed by atoms with E-state index in [1.165, 1.54) is 0 Å². The molecular formula is C35H51ClN3O8P. The van der Waals surface area contributed by atoms with Crippen LogP contribution >= 0.6 is 19.2 Å². The first kappa shape index (κ1) is 39.5. The predicted molar refractivity (Wildman–Crippen MR) is 185 cm³/mol.